The number of aromatic amines is 1. The SMILES string of the molecule is CC(C)(Oc1cc(F)cc(N2CCCC(C(=O)N(Cc3ccc(-c4cn[nH]c4)cc3)C3CC3)C2)c1)C(=O)N1CCN(C(=O)O)CC1. The van der Waals surface area contributed by atoms with E-state index < -0.39 is 17.5 Å². The van der Waals surface area contributed by atoms with Crippen molar-refractivity contribution in [2.75, 3.05) is 44.2 Å². The molecule has 0 radical (unpaired) electrons. The zero-order valence-corrected chi connectivity index (χ0v) is 26.3. The molecule has 3 aliphatic rings. The lowest BCUT2D eigenvalue weighted by molar-refractivity contribution is -0.147. The van der Waals surface area contributed by atoms with Crippen LogP contribution in [0.2, 0.25) is 0 Å². The van der Waals surface area contributed by atoms with Crippen LogP contribution in [0.5, 0.6) is 5.75 Å². The van der Waals surface area contributed by atoms with E-state index in [0.29, 0.717) is 25.3 Å². The number of piperidine rings is 1. The Bertz CT molecular complexity index is 1550. The number of aromatic nitrogens is 2. The molecule has 1 aromatic heterocycles. The Labute approximate surface area is 267 Å². The van der Waals surface area contributed by atoms with Crippen molar-refractivity contribution in [3.05, 3.63) is 66.2 Å². The van der Waals surface area contributed by atoms with Crippen molar-refractivity contribution in [1.82, 2.24) is 24.9 Å². The first kappa shape index (κ1) is 31.4. The van der Waals surface area contributed by atoms with Gasteiger partial charge in [0.05, 0.1) is 12.1 Å². The summed E-state index contributed by atoms with van der Waals surface area (Å²) in [5, 5.41) is 16.1. The molecule has 2 aromatic carbocycles. The van der Waals surface area contributed by atoms with Crippen molar-refractivity contribution in [2.24, 2.45) is 5.92 Å². The van der Waals surface area contributed by atoms with Gasteiger partial charge < -0.3 is 29.4 Å². The molecule has 0 bridgehead atoms. The van der Waals surface area contributed by atoms with Crippen LogP contribution in [0.3, 0.4) is 0 Å². The molecule has 2 aliphatic heterocycles. The molecule has 12 heteroatoms. The highest BCUT2D eigenvalue weighted by Crippen LogP contribution is 2.34. The summed E-state index contributed by atoms with van der Waals surface area (Å²) in [5.41, 5.74) is 2.47. The molecule has 11 nitrogen and oxygen atoms in total. The second-order valence-corrected chi connectivity index (χ2v) is 13.0. The summed E-state index contributed by atoms with van der Waals surface area (Å²) >= 11 is 0. The zero-order valence-electron chi connectivity index (χ0n) is 26.3. The molecular weight excluding hydrogens is 591 g/mol. The van der Waals surface area contributed by atoms with Crippen LogP contribution in [-0.2, 0) is 16.1 Å². The van der Waals surface area contributed by atoms with E-state index in [2.05, 4.69) is 34.5 Å². The Morgan fingerprint density at radius 3 is 2.37 bits per heavy atom. The largest absolute Gasteiger partial charge is 0.478 e. The Hall–Kier alpha value is -4.61. The van der Waals surface area contributed by atoms with E-state index >= 15 is 0 Å². The number of rotatable bonds is 9. The first-order valence-corrected chi connectivity index (χ1v) is 16.0. The number of carbonyl (C=O) groups excluding carboxylic acids is 2. The lowest BCUT2D eigenvalue weighted by atomic mass is 9.95. The second-order valence-electron chi connectivity index (χ2n) is 13.0. The number of nitrogens with one attached hydrogen (secondary N) is 1. The van der Waals surface area contributed by atoms with Gasteiger partial charge in [-0.25, -0.2) is 9.18 Å². The number of carboxylic acid groups (broad SMARTS) is 1. The summed E-state index contributed by atoms with van der Waals surface area (Å²) in [6.07, 6.45) is 6.21. The van der Waals surface area contributed by atoms with Gasteiger partial charge in [-0.2, -0.15) is 5.10 Å². The number of hydrogen-bond acceptors (Lipinski definition) is 6. The van der Waals surface area contributed by atoms with Gasteiger partial charge in [0.25, 0.3) is 5.91 Å². The third-order valence-corrected chi connectivity index (χ3v) is 9.13. The molecule has 3 amide bonds. The van der Waals surface area contributed by atoms with Crippen LogP contribution < -0.4 is 9.64 Å². The van der Waals surface area contributed by atoms with Gasteiger partial charge in [0, 0.05) is 81.4 Å². The Balaban J connectivity index is 1.11. The summed E-state index contributed by atoms with van der Waals surface area (Å²) in [7, 11) is 0. The predicted octanol–water partition coefficient (Wildman–Crippen LogP) is 4.60. The highest BCUT2D eigenvalue weighted by atomic mass is 19.1. The minimum atomic E-state index is -1.29. The smallest absolute Gasteiger partial charge is 0.407 e. The minimum Gasteiger partial charge on any atom is -0.478 e. The maximum absolute atomic E-state index is 14.9. The van der Waals surface area contributed by atoms with E-state index in [1.54, 1.807) is 31.0 Å². The normalized spacial score (nSPS) is 18.8. The Morgan fingerprint density at radius 1 is 1.00 bits per heavy atom. The third kappa shape index (κ3) is 7.11. The van der Waals surface area contributed by atoms with Gasteiger partial charge in [-0.3, -0.25) is 14.7 Å². The van der Waals surface area contributed by atoms with Crippen molar-refractivity contribution < 1.29 is 28.6 Å². The lowest BCUT2D eigenvalue weighted by Crippen LogP contribution is -2.56. The number of H-pyrrole nitrogens is 1. The number of benzene rings is 2. The average molecular weight is 633 g/mol. The van der Waals surface area contributed by atoms with Crippen LogP contribution >= 0.6 is 0 Å². The number of piperazine rings is 1. The van der Waals surface area contributed by atoms with E-state index in [1.165, 1.54) is 17.0 Å². The molecule has 1 unspecified atom stereocenters. The number of ether oxygens (including phenoxy) is 1. The highest BCUT2D eigenvalue weighted by Gasteiger charge is 2.39. The van der Waals surface area contributed by atoms with Gasteiger partial charge in [0.1, 0.15) is 11.6 Å². The van der Waals surface area contributed by atoms with E-state index in [-0.39, 0.29) is 55.7 Å². The van der Waals surface area contributed by atoms with Gasteiger partial charge in [-0.05, 0) is 56.7 Å². The average Bonchev–Trinajstić information content (AvgIpc) is 3.75. The van der Waals surface area contributed by atoms with Crippen LogP contribution in [0.15, 0.2) is 54.9 Å². The second kappa shape index (κ2) is 13.0. The summed E-state index contributed by atoms with van der Waals surface area (Å²) < 4.78 is 21.0. The lowest BCUT2D eigenvalue weighted by Gasteiger charge is -2.38. The number of nitrogens with zero attached hydrogens (tertiary/aromatic N) is 5. The molecule has 1 aliphatic carbocycles. The summed E-state index contributed by atoms with van der Waals surface area (Å²) in [6.45, 7) is 5.97. The molecule has 0 spiro atoms. The van der Waals surface area contributed by atoms with Crippen molar-refractivity contribution in [3.8, 4) is 16.9 Å². The number of carbonyl (C=O) groups is 3. The Morgan fingerprint density at radius 2 is 1.72 bits per heavy atom. The molecule has 6 rings (SSSR count). The molecule has 3 aromatic rings. The summed E-state index contributed by atoms with van der Waals surface area (Å²) in [5.74, 6) is -0.631. The van der Waals surface area contributed by atoms with Crippen LogP contribution in [0.1, 0.15) is 45.1 Å². The molecule has 2 saturated heterocycles. The highest BCUT2D eigenvalue weighted by molar-refractivity contribution is 5.85. The van der Waals surface area contributed by atoms with Gasteiger partial charge >= 0.3 is 6.09 Å². The minimum absolute atomic E-state index is 0.133. The van der Waals surface area contributed by atoms with Gasteiger partial charge in [0.15, 0.2) is 5.60 Å². The molecule has 3 fully saturated rings. The van der Waals surface area contributed by atoms with Crippen LogP contribution in [0.4, 0.5) is 14.9 Å². The molecule has 1 saturated carbocycles. The van der Waals surface area contributed by atoms with Crippen molar-refractivity contribution in [2.45, 2.75) is 57.7 Å². The van der Waals surface area contributed by atoms with E-state index in [9.17, 15) is 23.9 Å². The maximum atomic E-state index is 14.9. The maximum Gasteiger partial charge on any atom is 0.407 e. The van der Waals surface area contributed by atoms with Crippen LogP contribution in [0.25, 0.3) is 11.1 Å². The van der Waals surface area contributed by atoms with Crippen LogP contribution in [-0.4, -0.2) is 98.8 Å². The van der Waals surface area contributed by atoms with Crippen molar-refractivity contribution in [3.63, 3.8) is 0 Å². The van der Waals surface area contributed by atoms with Crippen LogP contribution in [0, 0.1) is 11.7 Å². The first-order chi connectivity index (χ1) is 22.1. The fourth-order valence-electron chi connectivity index (χ4n) is 6.44. The molecule has 2 N–H and O–H groups in total. The summed E-state index contributed by atoms with van der Waals surface area (Å²) in [6, 6.07) is 12.9. The molecule has 3 heterocycles. The quantitative estimate of drug-likeness (QED) is 0.354. The monoisotopic (exact) mass is 632 g/mol. The van der Waals surface area contributed by atoms with Gasteiger partial charge in [-0.15, -0.1) is 0 Å². The third-order valence-electron chi connectivity index (χ3n) is 9.13. The topological polar surface area (TPSA) is 122 Å². The number of anilines is 1. The van der Waals surface area contributed by atoms with E-state index in [4.69, 9.17) is 4.74 Å². The van der Waals surface area contributed by atoms with Crippen molar-refractivity contribution in [1.29, 1.82) is 0 Å². The van der Waals surface area contributed by atoms with Crippen molar-refractivity contribution >= 4 is 23.6 Å². The van der Waals surface area contributed by atoms with Gasteiger partial charge in [0.2, 0.25) is 5.91 Å². The first-order valence-electron chi connectivity index (χ1n) is 16.0. The van der Waals surface area contributed by atoms with Gasteiger partial charge in [-0.1, -0.05) is 24.3 Å². The number of halogens is 1. The fourth-order valence-corrected chi connectivity index (χ4v) is 6.44. The van der Waals surface area contributed by atoms with E-state index in [0.717, 1.165) is 42.4 Å². The zero-order chi connectivity index (χ0) is 32.4. The predicted molar refractivity (Wildman–Crippen MR) is 170 cm³/mol. The molecular formula is C34H41FN6O5. The Kier molecular flexibility index (Phi) is 8.88. The standard InChI is InChI=1S/C34H41FN6O5/c1-34(2,32(43)38-12-14-39(15-13-38)33(44)45)46-30-17-27(35)16-29(18-30)40-11-3-4-25(22-40)31(42)41(28-9-10-28)21-23-5-7-24(8-6-23)26-19-36-37-20-26/h5-8,16-20,25,28H,3-4,9-15,21-22H2,1-2H3,(H,36,37)(H,44,45). The van der Waals surface area contributed by atoms with E-state index in [1.807, 2.05) is 16.0 Å². The summed E-state index contributed by atoms with van der Waals surface area (Å²) in [4.78, 5) is 45.4. The number of hydrogen-bond donors (Lipinski definition) is 2. The molecule has 1 atom stereocenters. The number of amides is 3. The fraction of sp³-hybridized carbons (Fsp3) is 0.471. The molecule has 244 valence electrons. The molecule has 46 heavy (non-hydrogen) atoms.